The third-order valence-corrected chi connectivity index (χ3v) is 6.50. The predicted octanol–water partition coefficient (Wildman–Crippen LogP) is 5.35. The molecule has 0 spiro atoms. The minimum atomic E-state index is -0.695. The number of aliphatic hydroxyl groups excluding tert-OH is 1. The van der Waals surface area contributed by atoms with Gasteiger partial charge in [-0.05, 0) is 92.6 Å². The Hall–Kier alpha value is -4.10. The Kier molecular flexibility index (Phi) is 6.24. The van der Waals surface area contributed by atoms with Crippen molar-refractivity contribution in [3.8, 4) is 5.69 Å². The molecule has 0 radical (unpaired) electrons. The molecule has 1 unspecified atom stereocenters. The van der Waals surface area contributed by atoms with Crippen LogP contribution in [0.4, 0.5) is 17.1 Å². The molecule has 7 heteroatoms. The number of anilines is 3. The van der Waals surface area contributed by atoms with Crippen LogP contribution in [0, 0.1) is 5.92 Å². The molecule has 1 aliphatic rings. The Morgan fingerprint density at radius 1 is 0.917 bits per heavy atom. The molecular formula is C29H30N4O3. The van der Waals surface area contributed by atoms with E-state index in [4.69, 9.17) is 0 Å². The highest BCUT2D eigenvalue weighted by atomic mass is 16.3. The summed E-state index contributed by atoms with van der Waals surface area (Å²) in [5.41, 5.74) is 5.57. The van der Waals surface area contributed by atoms with Gasteiger partial charge in [0.05, 0.1) is 17.3 Å². The zero-order valence-electron chi connectivity index (χ0n) is 20.7. The zero-order valence-corrected chi connectivity index (χ0v) is 20.7. The summed E-state index contributed by atoms with van der Waals surface area (Å²) in [5.74, 6) is 0.0349. The maximum Gasteiger partial charge on any atom is 0.255 e. The molecule has 7 nitrogen and oxygen atoms in total. The number of nitrogens with one attached hydrogen (secondary N) is 2. The quantitative estimate of drug-likeness (QED) is 0.331. The van der Waals surface area contributed by atoms with E-state index < -0.39 is 6.10 Å². The monoisotopic (exact) mass is 482 g/mol. The molecule has 4 aromatic rings. The Morgan fingerprint density at radius 3 is 2.19 bits per heavy atom. The first kappa shape index (κ1) is 23.6. The maximum atomic E-state index is 12.8. The first-order chi connectivity index (χ1) is 17.3. The number of nitrogens with zero attached hydrogens (tertiary/aromatic N) is 2. The van der Waals surface area contributed by atoms with Crippen molar-refractivity contribution in [2.24, 2.45) is 5.92 Å². The van der Waals surface area contributed by atoms with Crippen molar-refractivity contribution in [3.63, 3.8) is 0 Å². The molecule has 36 heavy (non-hydrogen) atoms. The van der Waals surface area contributed by atoms with Crippen LogP contribution in [0.15, 0.2) is 72.8 Å². The summed E-state index contributed by atoms with van der Waals surface area (Å²) < 4.78 is 2.00. The highest BCUT2D eigenvalue weighted by Gasteiger charge is 2.29. The summed E-state index contributed by atoms with van der Waals surface area (Å²) in [6, 6.07) is 22.7. The van der Waals surface area contributed by atoms with Gasteiger partial charge in [0.15, 0.2) is 0 Å². The van der Waals surface area contributed by atoms with Crippen molar-refractivity contribution in [3.05, 3.63) is 84.1 Å². The number of aliphatic hydroxyl groups is 1. The third kappa shape index (κ3) is 4.83. The number of aromatic nitrogens is 1. The minimum absolute atomic E-state index is 0.0713. The molecule has 1 aromatic heterocycles. The Morgan fingerprint density at radius 2 is 1.58 bits per heavy atom. The van der Waals surface area contributed by atoms with Gasteiger partial charge >= 0.3 is 0 Å². The summed E-state index contributed by atoms with van der Waals surface area (Å²) in [5, 5.41) is 17.3. The van der Waals surface area contributed by atoms with Crippen LogP contribution in [-0.2, 0) is 4.79 Å². The van der Waals surface area contributed by atoms with E-state index in [0.717, 1.165) is 46.5 Å². The molecule has 1 atom stereocenters. The molecule has 0 bridgehead atoms. The van der Waals surface area contributed by atoms with Crippen molar-refractivity contribution in [2.75, 3.05) is 29.6 Å². The normalized spacial score (nSPS) is 13.9. The molecular weight excluding hydrogens is 452 g/mol. The maximum absolute atomic E-state index is 12.8. The zero-order chi connectivity index (χ0) is 25.4. The SMILES string of the molecule is CC(O)c1cc2cc(NC(=O)c3ccc(N(C)C)cc3)ccc2n1-c1ccc(NC(=O)C2CC2)cc1. The number of amides is 2. The number of fused-ring (bicyclic) bond motifs is 1. The van der Waals surface area contributed by atoms with Gasteiger partial charge in [-0.1, -0.05) is 0 Å². The van der Waals surface area contributed by atoms with Crippen molar-refractivity contribution in [1.29, 1.82) is 0 Å². The largest absolute Gasteiger partial charge is 0.387 e. The number of hydrogen-bond donors (Lipinski definition) is 3. The molecule has 0 saturated heterocycles. The van der Waals surface area contributed by atoms with Crippen molar-refractivity contribution < 1.29 is 14.7 Å². The minimum Gasteiger partial charge on any atom is -0.387 e. The number of hydrogen-bond acceptors (Lipinski definition) is 4. The first-order valence-corrected chi connectivity index (χ1v) is 12.1. The van der Waals surface area contributed by atoms with Gasteiger partial charge in [0, 0.05) is 53.7 Å². The van der Waals surface area contributed by atoms with E-state index in [0.29, 0.717) is 11.3 Å². The Bertz CT molecular complexity index is 1420. The van der Waals surface area contributed by atoms with E-state index in [9.17, 15) is 14.7 Å². The van der Waals surface area contributed by atoms with Crippen LogP contribution in [0.25, 0.3) is 16.6 Å². The van der Waals surface area contributed by atoms with Crippen LogP contribution in [0.1, 0.15) is 41.9 Å². The fourth-order valence-electron chi connectivity index (χ4n) is 4.31. The van der Waals surface area contributed by atoms with Gasteiger partial charge in [-0.25, -0.2) is 0 Å². The molecule has 2 amide bonds. The molecule has 1 fully saturated rings. The van der Waals surface area contributed by atoms with Crippen LogP contribution in [0.5, 0.6) is 0 Å². The lowest BCUT2D eigenvalue weighted by Gasteiger charge is -2.14. The summed E-state index contributed by atoms with van der Waals surface area (Å²) in [4.78, 5) is 26.8. The van der Waals surface area contributed by atoms with E-state index in [2.05, 4.69) is 10.6 Å². The number of carbonyl (C=O) groups excluding carboxylic acids is 2. The predicted molar refractivity (Wildman–Crippen MR) is 144 cm³/mol. The smallest absolute Gasteiger partial charge is 0.255 e. The average molecular weight is 483 g/mol. The van der Waals surface area contributed by atoms with Gasteiger partial charge in [0.2, 0.25) is 5.91 Å². The Balaban J connectivity index is 1.40. The van der Waals surface area contributed by atoms with Gasteiger partial charge in [0.25, 0.3) is 5.91 Å². The lowest BCUT2D eigenvalue weighted by molar-refractivity contribution is -0.117. The second-order valence-electron chi connectivity index (χ2n) is 9.56. The summed E-state index contributed by atoms with van der Waals surface area (Å²) in [6.07, 6.45) is 1.23. The average Bonchev–Trinajstić information content (AvgIpc) is 3.65. The highest BCUT2D eigenvalue weighted by Crippen LogP contribution is 2.32. The fourth-order valence-corrected chi connectivity index (χ4v) is 4.31. The second-order valence-corrected chi connectivity index (χ2v) is 9.56. The van der Waals surface area contributed by atoms with Crippen LogP contribution >= 0.6 is 0 Å². The van der Waals surface area contributed by atoms with Crippen LogP contribution in [-0.4, -0.2) is 35.6 Å². The molecule has 3 aromatic carbocycles. The summed E-state index contributed by atoms with van der Waals surface area (Å²) >= 11 is 0. The summed E-state index contributed by atoms with van der Waals surface area (Å²) in [7, 11) is 3.92. The molecule has 0 aliphatic heterocycles. The first-order valence-electron chi connectivity index (χ1n) is 12.1. The lowest BCUT2D eigenvalue weighted by Crippen LogP contribution is -2.13. The number of rotatable bonds is 7. The third-order valence-electron chi connectivity index (χ3n) is 6.50. The molecule has 1 heterocycles. The van der Waals surface area contributed by atoms with Gasteiger partial charge in [-0.2, -0.15) is 0 Å². The van der Waals surface area contributed by atoms with E-state index in [1.165, 1.54) is 0 Å². The van der Waals surface area contributed by atoms with Gasteiger partial charge in [0.1, 0.15) is 0 Å². The van der Waals surface area contributed by atoms with Crippen LogP contribution in [0.3, 0.4) is 0 Å². The molecule has 3 N–H and O–H groups in total. The van der Waals surface area contributed by atoms with Crippen molar-refractivity contribution in [1.82, 2.24) is 4.57 Å². The van der Waals surface area contributed by atoms with E-state index in [-0.39, 0.29) is 17.7 Å². The van der Waals surface area contributed by atoms with Gasteiger partial charge in [-0.3, -0.25) is 9.59 Å². The molecule has 1 saturated carbocycles. The van der Waals surface area contributed by atoms with Crippen molar-refractivity contribution in [2.45, 2.75) is 25.9 Å². The molecule has 1 aliphatic carbocycles. The van der Waals surface area contributed by atoms with Gasteiger partial charge in [-0.15, -0.1) is 0 Å². The van der Waals surface area contributed by atoms with Crippen molar-refractivity contribution >= 4 is 39.8 Å². The van der Waals surface area contributed by atoms with Crippen LogP contribution < -0.4 is 15.5 Å². The standard InChI is InChI=1S/C29H30N4O3/c1-18(34)27-17-21-16-23(31-29(36)20-6-11-24(12-7-20)32(2)3)10-15-26(21)33(27)25-13-8-22(9-14-25)30-28(35)19-4-5-19/h6-19,34H,4-5H2,1-3H3,(H,30,35)(H,31,36). The van der Waals surface area contributed by atoms with Gasteiger partial charge < -0.3 is 25.2 Å². The fraction of sp³-hybridized carbons (Fsp3) is 0.241. The molecule has 5 rings (SSSR count). The Labute approximate surface area is 210 Å². The summed E-state index contributed by atoms with van der Waals surface area (Å²) in [6.45, 7) is 1.73. The van der Waals surface area contributed by atoms with Crippen LogP contribution in [0.2, 0.25) is 0 Å². The van der Waals surface area contributed by atoms with E-state index in [1.54, 1.807) is 6.92 Å². The van der Waals surface area contributed by atoms with E-state index in [1.807, 2.05) is 96.4 Å². The highest BCUT2D eigenvalue weighted by molar-refractivity contribution is 6.05. The number of carbonyl (C=O) groups is 2. The lowest BCUT2D eigenvalue weighted by atomic mass is 10.1. The topological polar surface area (TPSA) is 86.6 Å². The molecule has 184 valence electrons. The van der Waals surface area contributed by atoms with E-state index >= 15 is 0 Å². The number of benzene rings is 3. The second kappa shape index (κ2) is 9.51.